The summed E-state index contributed by atoms with van der Waals surface area (Å²) in [5, 5.41) is 21.7. The monoisotopic (exact) mass is 488 g/mol. The van der Waals surface area contributed by atoms with Crippen LogP contribution in [0.4, 0.5) is 0 Å². The molecule has 5 rings (SSSR count). The summed E-state index contributed by atoms with van der Waals surface area (Å²) in [6, 6.07) is 13.7. The van der Waals surface area contributed by atoms with Gasteiger partial charge in [-0.3, -0.25) is 19.6 Å². The highest BCUT2D eigenvalue weighted by molar-refractivity contribution is 6.02. The van der Waals surface area contributed by atoms with Gasteiger partial charge in [0.2, 0.25) is 0 Å². The van der Waals surface area contributed by atoms with Gasteiger partial charge in [0.25, 0.3) is 5.91 Å². The predicted molar refractivity (Wildman–Crippen MR) is 142 cm³/mol. The number of fused-ring (bicyclic) bond motifs is 2. The average Bonchev–Trinajstić information content (AvgIpc) is 2.91. The van der Waals surface area contributed by atoms with Gasteiger partial charge in [-0.25, -0.2) is 0 Å². The van der Waals surface area contributed by atoms with Crippen LogP contribution in [0.1, 0.15) is 41.3 Å². The van der Waals surface area contributed by atoms with E-state index in [2.05, 4.69) is 27.8 Å². The molecule has 0 bridgehead atoms. The normalized spacial score (nSPS) is 18.5. The van der Waals surface area contributed by atoms with Crippen LogP contribution in [0.2, 0.25) is 0 Å². The van der Waals surface area contributed by atoms with Crippen LogP contribution in [-0.4, -0.2) is 87.7 Å². The van der Waals surface area contributed by atoms with Crippen molar-refractivity contribution in [2.24, 2.45) is 0 Å². The van der Waals surface area contributed by atoms with E-state index in [1.807, 2.05) is 29.2 Å². The Labute approximate surface area is 213 Å². The van der Waals surface area contributed by atoms with Crippen molar-refractivity contribution in [1.29, 1.82) is 0 Å². The number of aromatic hydroxyl groups is 2. The Morgan fingerprint density at radius 1 is 1.06 bits per heavy atom. The lowest BCUT2D eigenvalue weighted by molar-refractivity contribution is 0.0606. The molecule has 0 radical (unpaired) electrons. The quantitative estimate of drug-likeness (QED) is 0.528. The second-order valence-electron chi connectivity index (χ2n) is 10.0. The van der Waals surface area contributed by atoms with Crippen LogP contribution in [0.25, 0.3) is 10.9 Å². The number of pyridine rings is 1. The fourth-order valence-electron chi connectivity index (χ4n) is 5.76. The van der Waals surface area contributed by atoms with E-state index in [1.165, 1.54) is 5.56 Å². The van der Waals surface area contributed by atoms with E-state index >= 15 is 0 Å². The molecule has 3 aromatic rings. The first-order valence-corrected chi connectivity index (χ1v) is 13.2. The molecule has 7 heteroatoms. The van der Waals surface area contributed by atoms with Gasteiger partial charge in [0.1, 0.15) is 11.3 Å². The third kappa shape index (κ3) is 5.04. The van der Waals surface area contributed by atoms with Gasteiger partial charge in [-0.05, 0) is 61.6 Å². The minimum Gasteiger partial charge on any atom is -0.508 e. The lowest BCUT2D eigenvalue weighted by Gasteiger charge is -2.39. The van der Waals surface area contributed by atoms with Gasteiger partial charge in [-0.15, -0.1) is 0 Å². The van der Waals surface area contributed by atoms with Crippen molar-refractivity contribution >= 4 is 16.8 Å². The van der Waals surface area contributed by atoms with Gasteiger partial charge in [0, 0.05) is 56.9 Å². The second-order valence-corrected chi connectivity index (χ2v) is 10.0. The number of rotatable bonds is 7. The highest BCUT2D eigenvalue weighted by atomic mass is 16.3. The van der Waals surface area contributed by atoms with Crippen molar-refractivity contribution in [3.05, 3.63) is 65.4 Å². The summed E-state index contributed by atoms with van der Waals surface area (Å²) in [7, 11) is 0. The molecular weight excluding hydrogens is 452 g/mol. The molecule has 1 aromatic heterocycles. The molecule has 190 valence electrons. The molecule has 1 aliphatic heterocycles. The molecule has 0 saturated carbocycles. The Balaban J connectivity index is 1.16. The van der Waals surface area contributed by atoms with Gasteiger partial charge >= 0.3 is 0 Å². The Kier molecular flexibility index (Phi) is 7.39. The Morgan fingerprint density at radius 3 is 2.69 bits per heavy atom. The van der Waals surface area contributed by atoms with Crippen molar-refractivity contribution in [2.75, 3.05) is 45.8 Å². The summed E-state index contributed by atoms with van der Waals surface area (Å²) in [5.41, 5.74) is 3.21. The Hall–Kier alpha value is -3.16. The number of carbonyl (C=O) groups excluding carboxylic acids is 1. The van der Waals surface area contributed by atoms with Crippen molar-refractivity contribution in [3.63, 3.8) is 0 Å². The fraction of sp³-hybridized carbons (Fsp3) is 0.448. The van der Waals surface area contributed by atoms with E-state index in [0.29, 0.717) is 36.0 Å². The third-order valence-corrected chi connectivity index (χ3v) is 7.80. The molecule has 1 unspecified atom stereocenters. The number of hydrogen-bond donors (Lipinski definition) is 2. The zero-order valence-electron chi connectivity index (χ0n) is 21.1. The van der Waals surface area contributed by atoms with E-state index in [0.717, 1.165) is 69.4 Å². The second kappa shape index (κ2) is 10.8. The Morgan fingerprint density at radius 2 is 1.89 bits per heavy atom. The molecule has 0 spiro atoms. The minimum absolute atomic E-state index is 0.0295. The molecule has 2 aromatic carbocycles. The summed E-state index contributed by atoms with van der Waals surface area (Å²) < 4.78 is 0. The highest BCUT2D eigenvalue weighted by Crippen LogP contribution is 2.31. The van der Waals surface area contributed by atoms with Gasteiger partial charge in [-0.2, -0.15) is 0 Å². The van der Waals surface area contributed by atoms with E-state index in [1.54, 1.807) is 18.3 Å². The van der Waals surface area contributed by atoms with E-state index < -0.39 is 0 Å². The SMILES string of the molecule is CCCN(CCN1CCN(C(=O)c2ccc3cccnc3c2O)CC1)C1CCc2c(O)cccc2C1. The number of phenols is 2. The summed E-state index contributed by atoms with van der Waals surface area (Å²) in [5.74, 6) is 0.281. The molecule has 7 nitrogen and oxygen atoms in total. The number of amides is 1. The summed E-state index contributed by atoms with van der Waals surface area (Å²) in [4.78, 5) is 24.3. The van der Waals surface area contributed by atoms with E-state index in [9.17, 15) is 15.0 Å². The highest BCUT2D eigenvalue weighted by Gasteiger charge is 2.28. The number of aromatic nitrogens is 1. The van der Waals surface area contributed by atoms with Crippen molar-refractivity contribution < 1.29 is 15.0 Å². The largest absolute Gasteiger partial charge is 0.508 e. The zero-order chi connectivity index (χ0) is 25.1. The molecule has 1 saturated heterocycles. The maximum absolute atomic E-state index is 13.1. The molecular formula is C29H36N4O3. The maximum atomic E-state index is 13.1. The molecule has 36 heavy (non-hydrogen) atoms. The standard InChI is InChI=1S/C29H36N4O3/c1-2-13-32(23-9-11-24-22(20-23)5-3-7-26(24)34)17-14-31-15-18-33(19-16-31)29(36)25-10-8-21-6-4-12-30-27(21)28(25)35/h3-8,10,12,23,34-35H,2,9,11,13-20H2,1H3. The molecule has 1 fully saturated rings. The number of benzene rings is 2. The van der Waals surface area contributed by atoms with Crippen LogP contribution >= 0.6 is 0 Å². The summed E-state index contributed by atoms with van der Waals surface area (Å²) in [6.45, 7) is 8.28. The first kappa shape index (κ1) is 24.5. The summed E-state index contributed by atoms with van der Waals surface area (Å²) in [6.07, 6.45) is 5.76. The number of hydrogen-bond acceptors (Lipinski definition) is 6. The van der Waals surface area contributed by atoms with Crippen LogP contribution in [0, 0.1) is 0 Å². The van der Waals surface area contributed by atoms with Gasteiger partial charge < -0.3 is 15.1 Å². The topological polar surface area (TPSA) is 80.1 Å². The van der Waals surface area contributed by atoms with E-state index in [-0.39, 0.29) is 11.7 Å². The molecule has 2 N–H and O–H groups in total. The first-order chi connectivity index (χ1) is 17.5. The summed E-state index contributed by atoms with van der Waals surface area (Å²) >= 11 is 0. The molecule has 1 atom stereocenters. The average molecular weight is 489 g/mol. The number of nitrogens with zero attached hydrogens (tertiary/aromatic N) is 4. The number of carbonyl (C=O) groups is 1. The van der Waals surface area contributed by atoms with Crippen LogP contribution in [0.3, 0.4) is 0 Å². The first-order valence-electron chi connectivity index (χ1n) is 13.2. The number of piperazine rings is 1. The molecule has 1 aliphatic carbocycles. The lowest BCUT2D eigenvalue weighted by atomic mass is 9.87. The fourth-order valence-corrected chi connectivity index (χ4v) is 5.76. The smallest absolute Gasteiger partial charge is 0.257 e. The van der Waals surface area contributed by atoms with Gasteiger partial charge in [0.05, 0.1) is 5.56 Å². The van der Waals surface area contributed by atoms with Gasteiger partial charge in [-0.1, -0.05) is 31.2 Å². The van der Waals surface area contributed by atoms with E-state index in [4.69, 9.17) is 0 Å². The maximum Gasteiger partial charge on any atom is 0.257 e. The van der Waals surface area contributed by atoms with Crippen molar-refractivity contribution in [1.82, 2.24) is 19.7 Å². The van der Waals surface area contributed by atoms with Crippen LogP contribution in [-0.2, 0) is 12.8 Å². The Bertz CT molecular complexity index is 1220. The predicted octanol–water partition coefficient (Wildman–Crippen LogP) is 3.67. The molecule has 2 aliphatic rings. The van der Waals surface area contributed by atoms with Gasteiger partial charge in [0.15, 0.2) is 5.75 Å². The number of phenolic OH excluding ortho intramolecular Hbond substituents is 2. The van der Waals surface area contributed by atoms with Crippen LogP contribution in [0.15, 0.2) is 48.7 Å². The van der Waals surface area contributed by atoms with Crippen molar-refractivity contribution in [3.8, 4) is 11.5 Å². The molecule has 1 amide bonds. The van der Waals surface area contributed by atoms with Crippen LogP contribution < -0.4 is 0 Å². The zero-order valence-corrected chi connectivity index (χ0v) is 21.1. The lowest BCUT2D eigenvalue weighted by Crippen LogP contribution is -2.51. The molecule has 2 heterocycles. The van der Waals surface area contributed by atoms with Crippen molar-refractivity contribution in [2.45, 2.75) is 38.6 Å². The minimum atomic E-state index is -0.128. The third-order valence-electron chi connectivity index (χ3n) is 7.80. The van der Waals surface area contributed by atoms with Crippen LogP contribution in [0.5, 0.6) is 11.5 Å².